The number of hydrogen-bond acceptors (Lipinski definition) is 0. The third-order valence-corrected chi connectivity index (χ3v) is 19.7. The predicted octanol–water partition coefficient (Wildman–Crippen LogP) is 22.8. The topological polar surface area (TPSA) is 33.9 Å². The molecule has 0 aliphatic rings. The Bertz CT molecular complexity index is 6160. The standard InChI is InChI=1S/C85H49F2N7/c1-88-70-50-83(93-79-41-37-51(89-71-29-10-2-19-55(71)56-20-3-11-30-72(56)89)45-63(79)64-46-52(38-42-80(64)93)90-73-31-12-4-21-57(73)58-22-5-13-32-74(58)90)67(85-68(86)27-18-28-69(85)87)49-84(70)94-81-43-39-53(91-75-33-14-6-23-59(75)60-24-7-15-34-76(60)91)47-65(81)66-48-54(40-44-82(66)94)92-77-35-16-8-25-61(77)62-26-9-17-36-78(62)92/h2-50H. The molecule has 7 nitrogen and oxygen atoms in total. The normalized spacial score (nSPS) is 12.1. The molecule has 0 amide bonds. The van der Waals surface area contributed by atoms with Crippen molar-refractivity contribution in [3.8, 4) is 45.3 Å². The first-order valence-corrected chi connectivity index (χ1v) is 31.6. The molecule has 0 bridgehead atoms. The highest BCUT2D eigenvalue weighted by atomic mass is 19.1. The van der Waals surface area contributed by atoms with Crippen LogP contribution in [0.15, 0.2) is 297 Å². The van der Waals surface area contributed by atoms with Gasteiger partial charge in [0.1, 0.15) is 11.6 Å². The molecule has 20 aromatic rings. The Labute approximate surface area is 535 Å². The number of benzene rings is 14. The monoisotopic (exact) mass is 1210 g/mol. The van der Waals surface area contributed by atoms with Gasteiger partial charge in [0.2, 0.25) is 5.69 Å². The number of halogens is 2. The van der Waals surface area contributed by atoms with Crippen LogP contribution in [-0.2, 0) is 0 Å². The fourth-order valence-corrected chi connectivity index (χ4v) is 15.9. The Hall–Kier alpha value is -12.8. The predicted molar refractivity (Wildman–Crippen MR) is 384 cm³/mol. The van der Waals surface area contributed by atoms with E-state index in [1.807, 2.05) is 12.1 Å². The highest BCUT2D eigenvalue weighted by Gasteiger charge is 2.27. The average Bonchev–Trinajstić information content (AvgIpc) is 1.74. The smallest absolute Gasteiger partial charge is 0.212 e. The summed E-state index contributed by atoms with van der Waals surface area (Å²) in [6, 6.07) is 102. The van der Waals surface area contributed by atoms with E-state index in [2.05, 4.69) is 299 Å². The first-order chi connectivity index (χ1) is 46.5. The Kier molecular flexibility index (Phi) is 10.9. The fourth-order valence-electron chi connectivity index (χ4n) is 15.9. The summed E-state index contributed by atoms with van der Waals surface area (Å²) in [5.74, 6) is -1.45. The molecule has 0 aliphatic heterocycles. The van der Waals surface area contributed by atoms with Crippen molar-refractivity contribution in [3.05, 3.63) is 320 Å². The maximum atomic E-state index is 17.4. The molecule has 6 heterocycles. The molecule has 20 rings (SSSR count). The Morgan fingerprint density at radius 1 is 0.223 bits per heavy atom. The van der Waals surface area contributed by atoms with Crippen LogP contribution in [-0.4, -0.2) is 27.4 Å². The van der Waals surface area contributed by atoms with Crippen molar-refractivity contribution in [1.29, 1.82) is 0 Å². The van der Waals surface area contributed by atoms with E-state index >= 15 is 8.78 Å². The molecule has 0 unspecified atom stereocenters. The van der Waals surface area contributed by atoms with Crippen LogP contribution >= 0.6 is 0 Å². The van der Waals surface area contributed by atoms with Gasteiger partial charge >= 0.3 is 0 Å². The zero-order valence-corrected chi connectivity index (χ0v) is 50.2. The SMILES string of the molecule is [C-]#[N+]c1cc(-n2c3ccc(-n4c5ccccc5c5ccccc54)cc3c3cc(-n4c5ccccc5c5ccccc54)ccc32)c(-c2c(F)cccc2F)cc1-n1c2ccc(-n3c4ccccc4c4ccccc43)cc2c2cc(-n3c4ccccc4c4ccccc43)ccc21. The van der Waals surface area contributed by atoms with Gasteiger partial charge in [-0.3, -0.25) is 0 Å². The lowest BCUT2D eigenvalue weighted by Gasteiger charge is -2.20. The van der Waals surface area contributed by atoms with E-state index < -0.39 is 11.6 Å². The zero-order chi connectivity index (χ0) is 62.0. The molecule has 438 valence electrons. The van der Waals surface area contributed by atoms with Gasteiger partial charge < -0.3 is 27.4 Å². The molecule has 9 heteroatoms. The summed E-state index contributed by atoms with van der Waals surface area (Å²) in [6.07, 6.45) is 0. The van der Waals surface area contributed by atoms with Gasteiger partial charge in [-0.1, -0.05) is 152 Å². The lowest BCUT2D eigenvalue weighted by Crippen LogP contribution is -2.04. The molecular formula is C85H49F2N7. The maximum Gasteiger partial charge on any atom is 0.212 e. The first-order valence-electron chi connectivity index (χ1n) is 31.6. The van der Waals surface area contributed by atoms with Crippen molar-refractivity contribution >= 4 is 137 Å². The van der Waals surface area contributed by atoms with E-state index in [-0.39, 0.29) is 11.1 Å². The van der Waals surface area contributed by atoms with E-state index in [1.165, 1.54) is 18.2 Å². The summed E-state index contributed by atoms with van der Waals surface area (Å²) in [5.41, 5.74) is 17.0. The molecule has 0 aliphatic carbocycles. The van der Waals surface area contributed by atoms with E-state index in [0.29, 0.717) is 17.1 Å². The third-order valence-electron chi connectivity index (χ3n) is 19.7. The van der Waals surface area contributed by atoms with Crippen LogP contribution in [0.25, 0.3) is 181 Å². The largest absolute Gasteiger partial charge is 0.319 e. The summed E-state index contributed by atoms with van der Waals surface area (Å²) >= 11 is 0. The van der Waals surface area contributed by atoms with Crippen molar-refractivity contribution in [3.63, 3.8) is 0 Å². The van der Waals surface area contributed by atoms with E-state index in [9.17, 15) is 6.57 Å². The summed E-state index contributed by atoms with van der Waals surface area (Å²) in [7, 11) is 0. The molecule has 0 radical (unpaired) electrons. The summed E-state index contributed by atoms with van der Waals surface area (Å²) in [5, 5.41) is 12.9. The minimum atomic E-state index is -0.723. The fraction of sp³-hybridized carbons (Fsp3) is 0. The van der Waals surface area contributed by atoms with Crippen LogP contribution < -0.4 is 0 Å². The molecule has 0 atom stereocenters. The molecule has 6 aromatic heterocycles. The second kappa shape index (κ2) is 19.6. The van der Waals surface area contributed by atoms with Gasteiger partial charge in [0.25, 0.3) is 0 Å². The quantitative estimate of drug-likeness (QED) is 0.143. The number of hydrogen-bond donors (Lipinski definition) is 0. The number of fused-ring (bicyclic) bond motifs is 18. The van der Waals surface area contributed by atoms with Gasteiger partial charge in [0.15, 0.2) is 0 Å². The average molecular weight is 1210 g/mol. The second-order valence-corrected chi connectivity index (χ2v) is 24.5. The van der Waals surface area contributed by atoms with Gasteiger partial charge in [-0.15, -0.1) is 0 Å². The molecule has 0 spiro atoms. The van der Waals surface area contributed by atoms with Gasteiger partial charge in [-0.05, 0) is 146 Å². The molecule has 0 saturated carbocycles. The van der Waals surface area contributed by atoms with Crippen LogP contribution in [0.2, 0.25) is 0 Å². The van der Waals surface area contributed by atoms with Crippen molar-refractivity contribution in [2.75, 3.05) is 0 Å². The van der Waals surface area contributed by atoms with Crippen molar-refractivity contribution in [1.82, 2.24) is 27.4 Å². The second-order valence-electron chi connectivity index (χ2n) is 24.5. The maximum absolute atomic E-state index is 17.4. The van der Waals surface area contributed by atoms with Gasteiger partial charge in [0.05, 0.1) is 84.0 Å². The van der Waals surface area contributed by atoms with Crippen molar-refractivity contribution < 1.29 is 8.78 Å². The lowest BCUT2D eigenvalue weighted by atomic mass is 9.99. The van der Waals surface area contributed by atoms with Crippen molar-refractivity contribution in [2.24, 2.45) is 0 Å². The van der Waals surface area contributed by atoms with Gasteiger partial charge in [-0.25, -0.2) is 13.6 Å². The zero-order valence-electron chi connectivity index (χ0n) is 50.2. The van der Waals surface area contributed by atoms with E-state index in [1.54, 1.807) is 0 Å². The van der Waals surface area contributed by atoms with Gasteiger partial charge in [0, 0.05) is 98.6 Å². The molecule has 94 heavy (non-hydrogen) atoms. The molecule has 0 saturated heterocycles. The van der Waals surface area contributed by atoms with Crippen LogP contribution in [0.4, 0.5) is 14.5 Å². The minimum Gasteiger partial charge on any atom is -0.319 e. The molecule has 14 aromatic carbocycles. The van der Waals surface area contributed by atoms with E-state index in [4.69, 9.17) is 0 Å². The third kappa shape index (κ3) is 7.22. The Balaban J connectivity index is 0.877. The number of rotatable bonds is 7. The highest BCUT2D eigenvalue weighted by Crippen LogP contribution is 2.48. The summed E-state index contributed by atoms with van der Waals surface area (Å²) in [6.45, 7) is 9.30. The molecule has 0 fully saturated rings. The lowest BCUT2D eigenvalue weighted by molar-refractivity contribution is 0.589. The summed E-state index contributed by atoms with van der Waals surface area (Å²) in [4.78, 5) is 4.43. The minimum absolute atomic E-state index is 0.197. The molecular weight excluding hydrogens is 1160 g/mol. The Morgan fingerprint density at radius 3 is 0.734 bits per heavy atom. The van der Waals surface area contributed by atoms with E-state index in [0.717, 1.165) is 154 Å². The summed E-state index contributed by atoms with van der Waals surface area (Å²) < 4.78 is 48.2. The number of para-hydroxylation sites is 8. The van der Waals surface area contributed by atoms with Gasteiger partial charge in [-0.2, -0.15) is 0 Å². The number of aromatic nitrogens is 6. The van der Waals surface area contributed by atoms with Crippen LogP contribution in [0.1, 0.15) is 0 Å². The first kappa shape index (κ1) is 52.0. The Morgan fingerprint density at radius 2 is 0.468 bits per heavy atom. The van der Waals surface area contributed by atoms with Crippen LogP contribution in [0.5, 0.6) is 0 Å². The number of nitrogens with zero attached hydrogens (tertiary/aromatic N) is 7. The van der Waals surface area contributed by atoms with Crippen LogP contribution in [0, 0.1) is 18.2 Å². The van der Waals surface area contributed by atoms with Crippen molar-refractivity contribution in [2.45, 2.75) is 0 Å². The highest BCUT2D eigenvalue weighted by molar-refractivity contribution is 6.17. The van der Waals surface area contributed by atoms with Crippen LogP contribution in [0.3, 0.4) is 0 Å². The molecule has 0 N–H and O–H groups in total.